The summed E-state index contributed by atoms with van der Waals surface area (Å²) in [5.74, 6) is -0.211. The molecular weight excluding hydrogens is 339 g/mol. The van der Waals surface area contributed by atoms with Gasteiger partial charge in [-0.05, 0) is 40.3 Å². The fourth-order valence-electron chi connectivity index (χ4n) is 2.22. The van der Waals surface area contributed by atoms with Crippen LogP contribution < -0.4 is 0 Å². The second kappa shape index (κ2) is 4.39. The van der Waals surface area contributed by atoms with E-state index < -0.39 is 0 Å². The second-order valence-corrected chi connectivity index (χ2v) is 5.49. The lowest BCUT2D eigenvalue weighted by Gasteiger charge is -2.13. The summed E-state index contributed by atoms with van der Waals surface area (Å²) in [6, 6.07) is 14.2. The zero-order valence-corrected chi connectivity index (χ0v) is 12.0. The van der Waals surface area contributed by atoms with Crippen molar-refractivity contribution in [2.45, 2.75) is 13.0 Å². The van der Waals surface area contributed by atoms with E-state index in [0.717, 1.165) is 14.5 Å². The molecule has 0 radical (unpaired) electrons. The van der Waals surface area contributed by atoms with E-state index in [1.807, 2.05) is 31.2 Å². The molecule has 0 bridgehead atoms. The van der Waals surface area contributed by atoms with Crippen molar-refractivity contribution in [3.8, 4) is 0 Å². The number of carbonyl (C=O) groups is 1. The summed E-state index contributed by atoms with van der Waals surface area (Å²) in [6.07, 6.45) is -0.246. The van der Waals surface area contributed by atoms with Gasteiger partial charge in [0.05, 0.1) is 0 Å². The molecule has 0 amide bonds. The molecule has 0 aromatic heterocycles. The van der Waals surface area contributed by atoms with E-state index in [1.54, 1.807) is 0 Å². The molecule has 3 heteroatoms. The van der Waals surface area contributed by atoms with E-state index in [1.165, 1.54) is 5.39 Å². The number of halogens is 1. The largest absolute Gasteiger partial charge is 0.449 e. The molecule has 0 saturated carbocycles. The normalized spacial score (nSPS) is 19.4. The van der Waals surface area contributed by atoms with Gasteiger partial charge >= 0.3 is 5.97 Å². The molecule has 2 nitrogen and oxygen atoms in total. The van der Waals surface area contributed by atoms with Crippen LogP contribution in [0.3, 0.4) is 0 Å². The summed E-state index contributed by atoms with van der Waals surface area (Å²) in [5, 5.41) is 2.31. The predicted molar refractivity (Wildman–Crippen MR) is 79.5 cm³/mol. The number of hydrogen-bond donors (Lipinski definition) is 0. The molecule has 2 aromatic rings. The van der Waals surface area contributed by atoms with Gasteiger partial charge in [0.15, 0.2) is 6.10 Å². The van der Waals surface area contributed by atoms with Gasteiger partial charge in [0.1, 0.15) is 0 Å². The Morgan fingerprint density at radius 3 is 2.56 bits per heavy atom. The van der Waals surface area contributed by atoms with Crippen LogP contribution in [0.15, 0.2) is 51.6 Å². The summed E-state index contributed by atoms with van der Waals surface area (Å²) in [6.45, 7) is 1.81. The monoisotopic (exact) mass is 350 g/mol. The highest BCUT2D eigenvalue weighted by atomic mass is 127. The molecule has 0 N–H and O–H groups in total. The van der Waals surface area contributed by atoms with Crippen molar-refractivity contribution >= 4 is 39.3 Å². The van der Waals surface area contributed by atoms with Crippen LogP contribution in [0, 0.1) is 0 Å². The molecule has 1 heterocycles. The minimum Gasteiger partial charge on any atom is -0.449 e. The van der Waals surface area contributed by atoms with Gasteiger partial charge in [-0.15, -0.1) is 0 Å². The molecule has 3 rings (SSSR count). The minimum absolute atomic E-state index is 0.211. The number of carbonyl (C=O) groups excluding carboxylic acids is 1. The van der Waals surface area contributed by atoms with E-state index in [-0.39, 0.29) is 12.1 Å². The number of benzene rings is 2. The van der Waals surface area contributed by atoms with E-state index in [0.29, 0.717) is 5.57 Å². The second-order valence-electron chi connectivity index (χ2n) is 4.33. The number of rotatable bonds is 1. The quantitative estimate of drug-likeness (QED) is 0.571. The highest BCUT2D eigenvalue weighted by Gasteiger charge is 2.31. The van der Waals surface area contributed by atoms with Gasteiger partial charge in [-0.2, -0.15) is 0 Å². The first kappa shape index (κ1) is 11.7. The Bertz CT molecular complexity index is 668. The number of cyclic esters (lactones) is 1. The molecule has 0 saturated heterocycles. The van der Waals surface area contributed by atoms with E-state index in [2.05, 4.69) is 40.8 Å². The summed E-state index contributed by atoms with van der Waals surface area (Å²) in [7, 11) is 0. The fourth-order valence-corrected chi connectivity index (χ4v) is 2.90. The van der Waals surface area contributed by atoms with Crippen LogP contribution in [0.1, 0.15) is 18.6 Å². The van der Waals surface area contributed by atoms with Crippen molar-refractivity contribution in [2.24, 2.45) is 0 Å². The first-order chi connectivity index (χ1) is 8.68. The zero-order chi connectivity index (χ0) is 12.7. The molecule has 2 aromatic carbocycles. The Morgan fingerprint density at radius 2 is 1.83 bits per heavy atom. The highest BCUT2D eigenvalue weighted by Crippen LogP contribution is 2.41. The molecule has 0 fully saturated rings. The summed E-state index contributed by atoms with van der Waals surface area (Å²) in [4.78, 5) is 11.6. The van der Waals surface area contributed by atoms with Crippen LogP contribution in [-0.4, -0.2) is 5.97 Å². The Labute approximate surface area is 119 Å². The molecule has 90 valence electrons. The first-order valence-corrected chi connectivity index (χ1v) is 6.81. The SMILES string of the molecule is CC1=C(I)C(c2cccc3ccccc23)OC1=O. The van der Waals surface area contributed by atoms with E-state index in [9.17, 15) is 4.79 Å². The van der Waals surface area contributed by atoms with Gasteiger partial charge in [0, 0.05) is 14.7 Å². The van der Waals surface area contributed by atoms with Gasteiger partial charge in [0.25, 0.3) is 0 Å². The van der Waals surface area contributed by atoms with Crippen molar-refractivity contribution in [3.63, 3.8) is 0 Å². The Kier molecular flexibility index (Phi) is 2.86. The van der Waals surface area contributed by atoms with E-state index in [4.69, 9.17) is 4.74 Å². The van der Waals surface area contributed by atoms with Crippen molar-refractivity contribution in [2.75, 3.05) is 0 Å². The topological polar surface area (TPSA) is 26.3 Å². The van der Waals surface area contributed by atoms with Gasteiger partial charge in [-0.3, -0.25) is 0 Å². The lowest BCUT2D eigenvalue weighted by atomic mass is 10.00. The smallest absolute Gasteiger partial charge is 0.335 e. The van der Waals surface area contributed by atoms with Gasteiger partial charge in [-0.25, -0.2) is 4.79 Å². The van der Waals surface area contributed by atoms with Crippen LogP contribution in [0.5, 0.6) is 0 Å². The van der Waals surface area contributed by atoms with Crippen molar-refractivity contribution < 1.29 is 9.53 Å². The maximum absolute atomic E-state index is 11.6. The first-order valence-electron chi connectivity index (χ1n) is 5.73. The molecule has 1 atom stereocenters. The standard InChI is InChI=1S/C15H11IO2/c1-9-13(16)14(18-15(9)17)12-8-4-6-10-5-2-3-7-11(10)12/h2-8,14H,1H3. The third kappa shape index (κ3) is 1.73. The molecule has 18 heavy (non-hydrogen) atoms. The van der Waals surface area contributed by atoms with Crippen LogP contribution >= 0.6 is 22.6 Å². The number of esters is 1. The van der Waals surface area contributed by atoms with Crippen LogP contribution in [0.25, 0.3) is 10.8 Å². The van der Waals surface area contributed by atoms with Crippen molar-refractivity contribution in [3.05, 3.63) is 57.2 Å². The maximum Gasteiger partial charge on any atom is 0.335 e. The van der Waals surface area contributed by atoms with Crippen LogP contribution in [0.4, 0.5) is 0 Å². The average Bonchev–Trinajstić information content (AvgIpc) is 2.66. The number of ether oxygens (including phenoxy) is 1. The van der Waals surface area contributed by atoms with Crippen molar-refractivity contribution in [1.29, 1.82) is 0 Å². The number of fused-ring (bicyclic) bond motifs is 1. The molecule has 0 aliphatic carbocycles. The summed E-state index contributed by atoms with van der Waals surface area (Å²) < 4.78 is 6.44. The Hall–Kier alpha value is -1.36. The average molecular weight is 350 g/mol. The molecule has 0 spiro atoms. The Morgan fingerprint density at radius 1 is 1.11 bits per heavy atom. The fraction of sp³-hybridized carbons (Fsp3) is 0.133. The highest BCUT2D eigenvalue weighted by molar-refractivity contribution is 14.1. The molecule has 1 aliphatic heterocycles. The Balaban J connectivity index is 2.20. The lowest BCUT2D eigenvalue weighted by molar-refractivity contribution is -0.139. The summed E-state index contributed by atoms with van der Waals surface area (Å²) in [5.41, 5.74) is 1.77. The lowest BCUT2D eigenvalue weighted by Crippen LogP contribution is -2.02. The zero-order valence-electron chi connectivity index (χ0n) is 9.81. The van der Waals surface area contributed by atoms with Gasteiger partial charge in [-0.1, -0.05) is 42.5 Å². The van der Waals surface area contributed by atoms with Crippen LogP contribution in [0.2, 0.25) is 0 Å². The van der Waals surface area contributed by atoms with Gasteiger partial charge < -0.3 is 4.74 Å². The van der Waals surface area contributed by atoms with E-state index >= 15 is 0 Å². The molecule has 1 aliphatic rings. The van der Waals surface area contributed by atoms with Gasteiger partial charge in [0.2, 0.25) is 0 Å². The molecular formula is C15H11IO2. The maximum atomic E-state index is 11.6. The summed E-state index contributed by atoms with van der Waals surface area (Å²) >= 11 is 2.21. The van der Waals surface area contributed by atoms with Crippen molar-refractivity contribution in [1.82, 2.24) is 0 Å². The predicted octanol–water partition coefficient (Wildman–Crippen LogP) is 4.15. The molecule has 1 unspecified atom stereocenters. The third-order valence-corrected chi connectivity index (χ3v) is 4.60. The number of hydrogen-bond acceptors (Lipinski definition) is 2. The van der Waals surface area contributed by atoms with Crippen LogP contribution in [-0.2, 0) is 9.53 Å². The third-order valence-electron chi connectivity index (χ3n) is 3.23. The minimum atomic E-state index is -0.246.